The lowest BCUT2D eigenvalue weighted by Crippen LogP contribution is -2.38. The van der Waals surface area contributed by atoms with E-state index < -0.39 is 11.8 Å². The van der Waals surface area contributed by atoms with Gasteiger partial charge in [-0.3, -0.25) is 0 Å². The standard InChI is InChI=1S/C23H40O4/c1-5-6-16-22(2,3)17-11-15-20-14-10-13-19(20)12-8-7-9-18-23(25,26)21(24)27-4/h7,9,11,15,19-20,25-26H,5-6,8,10,12-14,16-18H2,1-4H3/t19-,20+/m0/s1. The lowest BCUT2D eigenvalue weighted by Gasteiger charge is -2.23. The molecule has 0 aliphatic heterocycles. The van der Waals surface area contributed by atoms with E-state index in [4.69, 9.17) is 0 Å². The second-order valence-electron chi connectivity index (χ2n) is 8.82. The fraction of sp³-hybridized carbons (Fsp3) is 0.783. The molecule has 0 unspecified atom stereocenters. The van der Waals surface area contributed by atoms with Gasteiger partial charge in [-0.15, -0.1) is 0 Å². The Labute approximate surface area is 165 Å². The molecule has 1 aliphatic rings. The maximum absolute atomic E-state index is 11.2. The molecule has 4 nitrogen and oxygen atoms in total. The van der Waals surface area contributed by atoms with E-state index in [9.17, 15) is 15.0 Å². The van der Waals surface area contributed by atoms with Crippen LogP contribution in [0, 0.1) is 17.3 Å². The quantitative estimate of drug-likeness (QED) is 0.279. The lowest BCUT2D eigenvalue weighted by molar-refractivity contribution is -0.205. The van der Waals surface area contributed by atoms with Gasteiger partial charge in [-0.2, -0.15) is 0 Å². The predicted octanol–water partition coefficient (Wildman–Crippen LogP) is 5.15. The molecule has 0 radical (unpaired) electrons. The van der Waals surface area contributed by atoms with Crippen molar-refractivity contribution in [2.45, 2.75) is 90.8 Å². The van der Waals surface area contributed by atoms with Crippen LogP contribution in [0.25, 0.3) is 0 Å². The molecular weight excluding hydrogens is 340 g/mol. The highest BCUT2D eigenvalue weighted by atomic mass is 16.6. The van der Waals surface area contributed by atoms with Crippen LogP contribution in [0.2, 0.25) is 0 Å². The second kappa shape index (κ2) is 11.7. The SMILES string of the molecule is CCCCC(C)(C)CC=C[C@H]1CCC[C@@H]1CCC=CCC(O)(O)C(=O)OC. The minimum atomic E-state index is -2.42. The average Bonchev–Trinajstić information content (AvgIpc) is 3.06. The second-order valence-corrected chi connectivity index (χ2v) is 8.82. The summed E-state index contributed by atoms with van der Waals surface area (Å²) < 4.78 is 4.37. The smallest absolute Gasteiger partial charge is 0.366 e. The molecule has 0 heterocycles. The molecule has 2 N–H and O–H groups in total. The monoisotopic (exact) mass is 380 g/mol. The number of allylic oxidation sites excluding steroid dienone is 3. The van der Waals surface area contributed by atoms with Crippen LogP contribution in [0.5, 0.6) is 0 Å². The van der Waals surface area contributed by atoms with Gasteiger partial charge in [0.1, 0.15) is 0 Å². The zero-order valence-corrected chi connectivity index (χ0v) is 17.7. The van der Waals surface area contributed by atoms with Gasteiger partial charge in [0.25, 0.3) is 5.79 Å². The van der Waals surface area contributed by atoms with Crippen molar-refractivity contribution in [1.29, 1.82) is 0 Å². The van der Waals surface area contributed by atoms with Crippen molar-refractivity contribution >= 4 is 5.97 Å². The van der Waals surface area contributed by atoms with E-state index in [1.165, 1.54) is 38.5 Å². The van der Waals surface area contributed by atoms with Crippen LogP contribution >= 0.6 is 0 Å². The number of carbonyl (C=O) groups is 1. The fourth-order valence-corrected chi connectivity index (χ4v) is 3.92. The Morgan fingerprint density at radius 2 is 1.89 bits per heavy atom. The first kappa shape index (κ1) is 23.9. The van der Waals surface area contributed by atoms with E-state index in [0.717, 1.165) is 26.4 Å². The number of unbranched alkanes of at least 4 members (excludes halogenated alkanes) is 1. The average molecular weight is 381 g/mol. The number of ether oxygens (including phenoxy) is 1. The van der Waals surface area contributed by atoms with Crippen LogP contribution in [-0.2, 0) is 9.53 Å². The van der Waals surface area contributed by atoms with Crippen LogP contribution in [-0.4, -0.2) is 29.1 Å². The molecule has 1 fully saturated rings. The highest BCUT2D eigenvalue weighted by Gasteiger charge is 2.32. The molecule has 156 valence electrons. The minimum Gasteiger partial charge on any atom is -0.465 e. The summed E-state index contributed by atoms with van der Waals surface area (Å²) >= 11 is 0. The summed E-state index contributed by atoms with van der Waals surface area (Å²) in [6, 6.07) is 0. The summed E-state index contributed by atoms with van der Waals surface area (Å²) in [4.78, 5) is 11.2. The van der Waals surface area contributed by atoms with Crippen LogP contribution in [0.1, 0.15) is 85.0 Å². The highest BCUT2D eigenvalue weighted by molar-refractivity contribution is 5.77. The maximum Gasteiger partial charge on any atom is 0.366 e. The Morgan fingerprint density at radius 3 is 2.56 bits per heavy atom. The summed E-state index contributed by atoms with van der Waals surface area (Å²) in [5.74, 6) is -2.06. The Kier molecular flexibility index (Phi) is 10.3. The summed E-state index contributed by atoms with van der Waals surface area (Å²) in [6.07, 6.45) is 19.2. The van der Waals surface area contributed by atoms with Gasteiger partial charge in [-0.1, -0.05) is 64.3 Å². The predicted molar refractivity (Wildman–Crippen MR) is 110 cm³/mol. The number of esters is 1. The van der Waals surface area contributed by atoms with Crippen molar-refractivity contribution in [3.05, 3.63) is 24.3 Å². The third-order valence-electron chi connectivity index (χ3n) is 5.76. The van der Waals surface area contributed by atoms with Crippen LogP contribution in [0.4, 0.5) is 0 Å². The molecule has 27 heavy (non-hydrogen) atoms. The topological polar surface area (TPSA) is 66.8 Å². The molecule has 0 aromatic rings. The summed E-state index contributed by atoms with van der Waals surface area (Å²) in [6.45, 7) is 6.97. The van der Waals surface area contributed by atoms with Crippen molar-refractivity contribution in [3.63, 3.8) is 0 Å². The highest BCUT2D eigenvalue weighted by Crippen LogP contribution is 2.37. The molecule has 0 bridgehead atoms. The number of methoxy groups -OCH3 is 1. The van der Waals surface area contributed by atoms with E-state index in [0.29, 0.717) is 17.3 Å². The fourth-order valence-electron chi connectivity index (χ4n) is 3.92. The third kappa shape index (κ3) is 9.07. The molecule has 0 spiro atoms. The van der Waals surface area contributed by atoms with Crippen molar-refractivity contribution in [2.75, 3.05) is 7.11 Å². The summed E-state index contributed by atoms with van der Waals surface area (Å²) in [5.41, 5.74) is 0.393. The minimum absolute atomic E-state index is 0.138. The first-order chi connectivity index (χ1) is 12.7. The molecular formula is C23H40O4. The van der Waals surface area contributed by atoms with E-state index >= 15 is 0 Å². The molecule has 1 aliphatic carbocycles. The normalized spacial score (nSPS) is 21.4. The van der Waals surface area contributed by atoms with E-state index in [1.807, 2.05) is 6.08 Å². The number of aliphatic hydroxyl groups is 2. The van der Waals surface area contributed by atoms with E-state index in [1.54, 1.807) is 6.08 Å². The zero-order valence-electron chi connectivity index (χ0n) is 17.7. The summed E-state index contributed by atoms with van der Waals surface area (Å²) in [5, 5.41) is 19.1. The molecule has 0 aromatic carbocycles. The Morgan fingerprint density at radius 1 is 1.15 bits per heavy atom. The molecule has 1 rings (SSSR count). The Hall–Kier alpha value is -1.13. The maximum atomic E-state index is 11.2. The van der Waals surface area contributed by atoms with E-state index in [2.05, 4.69) is 37.7 Å². The number of carbonyl (C=O) groups excluding carboxylic acids is 1. The van der Waals surface area contributed by atoms with Crippen LogP contribution in [0.15, 0.2) is 24.3 Å². The molecule has 2 atom stereocenters. The van der Waals surface area contributed by atoms with Crippen molar-refractivity contribution in [2.24, 2.45) is 17.3 Å². The summed E-state index contributed by atoms with van der Waals surface area (Å²) in [7, 11) is 1.14. The van der Waals surface area contributed by atoms with Gasteiger partial charge in [-0.05, 0) is 55.8 Å². The third-order valence-corrected chi connectivity index (χ3v) is 5.76. The number of hydrogen-bond acceptors (Lipinski definition) is 4. The Bertz CT molecular complexity index is 491. The molecule has 1 saturated carbocycles. The van der Waals surface area contributed by atoms with Crippen molar-refractivity contribution < 1.29 is 19.7 Å². The zero-order chi connectivity index (χ0) is 20.3. The van der Waals surface area contributed by atoms with Gasteiger partial charge in [0, 0.05) is 6.42 Å². The number of hydrogen-bond donors (Lipinski definition) is 2. The molecule has 0 amide bonds. The largest absolute Gasteiger partial charge is 0.465 e. The molecule has 4 heteroatoms. The Balaban J connectivity index is 2.37. The van der Waals surface area contributed by atoms with Gasteiger partial charge >= 0.3 is 5.97 Å². The van der Waals surface area contributed by atoms with Crippen LogP contribution in [0.3, 0.4) is 0 Å². The van der Waals surface area contributed by atoms with Gasteiger partial charge < -0.3 is 14.9 Å². The van der Waals surface area contributed by atoms with Crippen LogP contribution < -0.4 is 0 Å². The molecule has 0 aromatic heterocycles. The number of rotatable bonds is 12. The van der Waals surface area contributed by atoms with Gasteiger partial charge in [0.15, 0.2) is 0 Å². The van der Waals surface area contributed by atoms with Crippen molar-refractivity contribution in [1.82, 2.24) is 0 Å². The van der Waals surface area contributed by atoms with Gasteiger partial charge in [0.2, 0.25) is 0 Å². The van der Waals surface area contributed by atoms with E-state index in [-0.39, 0.29) is 6.42 Å². The van der Waals surface area contributed by atoms with Gasteiger partial charge in [0.05, 0.1) is 7.11 Å². The van der Waals surface area contributed by atoms with Gasteiger partial charge in [-0.25, -0.2) is 4.79 Å². The van der Waals surface area contributed by atoms with Crippen molar-refractivity contribution in [3.8, 4) is 0 Å². The lowest BCUT2D eigenvalue weighted by atomic mass is 9.83. The molecule has 0 saturated heterocycles. The first-order valence-electron chi connectivity index (χ1n) is 10.6. The first-order valence-corrected chi connectivity index (χ1v) is 10.6.